The molecule has 0 atom stereocenters. The lowest BCUT2D eigenvalue weighted by Crippen LogP contribution is -2.46. The van der Waals surface area contributed by atoms with Gasteiger partial charge in [-0.2, -0.15) is 0 Å². The normalized spacial score (nSPS) is 14.7. The van der Waals surface area contributed by atoms with E-state index in [1.54, 1.807) is 23.0 Å². The van der Waals surface area contributed by atoms with Crippen LogP contribution in [0.4, 0.5) is 16.2 Å². The van der Waals surface area contributed by atoms with E-state index in [0.29, 0.717) is 36.7 Å². The Kier molecular flexibility index (Phi) is 9.47. The molecule has 1 aliphatic heterocycles. The molecule has 2 aromatic heterocycles. The van der Waals surface area contributed by atoms with Gasteiger partial charge in [-0.1, -0.05) is 13.0 Å². The molecular formula is C23H35N7O2S. The fourth-order valence-corrected chi connectivity index (χ4v) is 4.29. The van der Waals surface area contributed by atoms with Crippen molar-refractivity contribution in [3.8, 4) is 0 Å². The van der Waals surface area contributed by atoms with E-state index in [4.69, 9.17) is 5.73 Å². The van der Waals surface area contributed by atoms with Gasteiger partial charge in [0.1, 0.15) is 5.69 Å². The third-order valence-electron chi connectivity index (χ3n) is 5.68. The van der Waals surface area contributed by atoms with Crippen LogP contribution in [-0.2, 0) is 6.54 Å². The van der Waals surface area contributed by atoms with Crippen LogP contribution in [0.1, 0.15) is 35.8 Å². The van der Waals surface area contributed by atoms with Crippen molar-refractivity contribution in [1.82, 2.24) is 25.0 Å². The van der Waals surface area contributed by atoms with Crippen LogP contribution < -0.4 is 16.4 Å². The van der Waals surface area contributed by atoms with Crippen molar-refractivity contribution in [1.29, 1.82) is 0 Å². The maximum absolute atomic E-state index is 12.7. The number of pyridine rings is 1. The smallest absolute Gasteiger partial charge is 0.317 e. The third-order valence-corrected chi connectivity index (χ3v) is 6.44. The van der Waals surface area contributed by atoms with Crippen LogP contribution in [-0.4, -0.2) is 84.5 Å². The fraction of sp³-hybridized carbons (Fsp3) is 0.522. The van der Waals surface area contributed by atoms with Gasteiger partial charge in [-0.05, 0) is 38.1 Å². The largest absolute Gasteiger partial charge is 0.396 e. The van der Waals surface area contributed by atoms with E-state index in [9.17, 15) is 9.59 Å². The van der Waals surface area contributed by atoms with Crippen LogP contribution in [0.25, 0.3) is 0 Å². The molecule has 0 bridgehead atoms. The molecule has 4 N–H and O–H groups in total. The number of amides is 3. The van der Waals surface area contributed by atoms with Crippen molar-refractivity contribution in [3.63, 3.8) is 0 Å². The van der Waals surface area contributed by atoms with Gasteiger partial charge in [-0.25, -0.2) is 4.79 Å². The Morgan fingerprint density at radius 2 is 2.00 bits per heavy atom. The predicted octanol–water partition coefficient (Wildman–Crippen LogP) is 2.54. The average Bonchev–Trinajstić information content (AvgIpc) is 3.22. The van der Waals surface area contributed by atoms with E-state index in [1.165, 1.54) is 11.3 Å². The number of carbonyl (C=O) groups excluding carboxylic acids is 2. The number of hydrogen-bond acceptors (Lipinski definition) is 7. The molecule has 1 fully saturated rings. The number of nitrogens with one attached hydrogen (secondary N) is 2. The number of anilines is 2. The van der Waals surface area contributed by atoms with Crippen molar-refractivity contribution in [2.45, 2.75) is 26.3 Å². The summed E-state index contributed by atoms with van der Waals surface area (Å²) in [7, 11) is 2.15. The lowest BCUT2D eigenvalue weighted by atomic mass is 10.2. The molecule has 0 spiro atoms. The highest BCUT2D eigenvalue weighted by Crippen LogP contribution is 2.23. The van der Waals surface area contributed by atoms with Crippen LogP contribution in [0.5, 0.6) is 0 Å². The molecule has 180 valence electrons. The van der Waals surface area contributed by atoms with E-state index >= 15 is 0 Å². The van der Waals surface area contributed by atoms with E-state index < -0.39 is 0 Å². The van der Waals surface area contributed by atoms with Gasteiger partial charge in [0, 0.05) is 62.8 Å². The van der Waals surface area contributed by atoms with E-state index in [2.05, 4.69) is 32.5 Å². The number of aromatic nitrogens is 1. The molecule has 3 amide bonds. The molecule has 0 saturated carbocycles. The average molecular weight is 474 g/mol. The van der Waals surface area contributed by atoms with Gasteiger partial charge >= 0.3 is 6.03 Å². The molecule has 10 heteroatoms. The molecule has 33 heavy (non-hydrogen) atoms. The highest BCUT2D eigenvalue weighted by atomic mass is 32.1. The van der Waals surface area contributed by atoms with Gasteiger partial charge in [-0.3, -0.25) is 9.78 Å². The zero-order valence-electron chi connectivity index (χ0n) is 19.5. The molecule has 0 unspecified atom stereocenters. The number of rotatable bonds is 10. The zero-order chi connectivity index (χ0) is 23.6. The first kappa shape index (κ1) is 24.9. The minimum Gasteiger partial charge on any atom is -0.396 e. The molecular weight excluding hydrogens is 438 g/mol. The molecule has 1 saturated heterocycles. The molecule has 9 nitrogen and oxygen atoms in total. The Hall–Kier alpha value is -2.69. The van der Waals surface area contributed by atoms with Crippen molar-refractivity contribution >= 4 is 34.6 Å². The van der Waals surface area contributed by atoms with Gasteiger partial charge in [0.2, 0.25) is 0 Å². The second-order valence-corrected chi connectivity index (χ2v) is 9.14. The Morgan fingerprint density at radius 3 is 2.64 bits per heavy atom. The number of likely N-dealkylation sites (N-methyl/N-ethyl adjacent to an activating group) is 1. The number of nitrogen functional groups attached to an aromatic ring is 1. The van der Waals surface area contributed by atoms with E-state index in [-0.39, 0.29) is 11.9 Å². The zero-order valence-corrected chi connectivity index (χ0v) is 20.4. The first-order valence-electron chi connectivity index (χ1n) is 11.5. The summed E-state index contributed by atoms with van der Waals surface area (Å²) in [6.07, 6.45) is 3.46. The van der Waals surface area contributed by atoms with Crippen LogP contribution in [0.2, 0.25) is 0 Å². The number of thiophene rings is 1. The van der Waals surface area contributed by atoms with Gasteiger partial charge in [0.25, 0.3) is 5.91 Å². The Morgan fingerprint density at radius 1 is 1.21 bits per heavy atom. The lowest BCUT2D eigenvalue weighted by Gasteiger charge is -2.33. The van der Waals surface area contributed by atoms with Crippen molar-refractivity contribution in [2.75, 3.05) is 63.9 Å². The molecule has 3 rings (SSSR count). The monoisotopic (exact) mass is 473 g/mol. The maximum atomic E-state index is 12.7. The molecule has 0 aromatic carbocycles. The third kappa shape index (κ3) is 7.69. The highest BCUT2D eigenvalue weighted by molar-refractivity contribution is 7.09. The standard InChI is InChI=1S/C23H35N7O2S/c1-3-7-25-23(32)30(9-4-8-29-12-10-28(2)11-13-29)15-18-5-6-20(26-14-18)22(31)27-21-17-33-16-19(21)24/h5-6,14,16-17H,3-4,7-13,15,24H2,1-2H3,(H,25,32)(H,27,31). The molecule has 0 radical (unpaired) electrons. The number of carbonyl (C=O) groups is 2. The molecule has 0 aliphatic carbocycles. The fourth-order valence-electron chi connectivity index (χ4n) is 3.62. The summed E-state index contributed by atoms with van der Waals surface area (Å²) in [5.74, 6) is -0.309. The van der Waals surface area contributed by atoms with Gasteiger partial charge in [0.05, 0.1) is 11.4 Å². The highest BCUT2D eigenvalue weighted by Gasteiger charge is 2.17. The Balaban J connectivity index is 1.55. The van der Waals surface area contributed by atoms with Crippen LogP contribution in [0.15, 0.2) is 29.1 Å². The SMILES string of the molecule is CCCNC(=O)N(CCCN1CCN(C)CC1)Cc1ccc(C(=O)Nc2cscc2N)nc1. The minimum absolute atomic E-state index is 0.0648. The summed E-state index contributed by atoms with van der Waals surface area (Å²) in [4.78, 5) is 36.1. The predicted molar refractivity (Wildman–Crippen MR) is 134 cm³/mol. The van der Waals surface area contributed by atoms with Crippen LogP contribution in [0.3, 0.4) is 0 Å². The van der Waals surface area contributed by atoms with Gasteiger partial charge in [-0.15, -0.1) is 11.3 Å². The Labute approximate surface area is 199 Å². The number of urea groups is 1. The Bertz CT molecular complexity index is 894. The maximum Gasteiger partial charge on any atom is 0.317 e. The topological polar surface area (TPSA) is 107 Å². The number of nitrogens with zero attached hydrogens (tertiary/aromatic N) is 4. The van der Waals surface area contributed by atoms with Gasteiger partial charge in [0.15, 0.2) is 0 Å². The summed E-state index contributed by atoms with van der Waals surface area (Å²) in [6, 6.07) is 3.46. The number of piperazine rings is 1. The van der Waals surface area contributed by atoms with Gasteiger partial charge < -0.3 is 31.1 Å². The summed E-state index contributed by atoms with van der Waals surface area (Å²) < 4.78 is 0. The number of nitrogens with two attached hydrogens (primary N) is 1. The first-order chi connectivity index (χ1) is 16.0. The molecule has 2 aromatic rings. The second kappa shape index (κ2) is 12.5. The number of hydrogen-bond donors (Lipinski definition) is 3. The van der Waals surface area contributed by atoms with Crippen LogP contribution in [0, 0.1) is 0 Å². The van der Waals surface area contributed by atoms with E-state index in [1.807, 2.05) is 17.9 Å². The van der Waals surface area contributed by atoms with Crippen molar-refractivity contribution < 1.29 is 9.59 Å². The van der Waals surface area contributed by atoms with Crippen LogP contribution >= 0.6 is 11.3 Å². The molecule has 1 aliphatic rings. The quantitative estimate of drug-likeness (QED) is 0.490. The summed E-state index contributed by atoms with van der Waals surface area (Å²) in [5.41, 5.74) is 8.15. The summed E-state index contributed by atoms with van der Waals surface area (Å²) in [6.45, 7) is 9.11. The summed E-state index contributed by atoms with van der Waals surface area (Å²) in [5, 5.41) is 9.31. The summed E-state index contributed by atoms with van der Waals surface area (Å²) >= 11 is 1.43. The van der Waals surface area contributed by atoms with Crippen molar-refractivity contribution in [2.24, 2.45) is 0 Å². The van der Waals surface area contributed by atoms with E-state index in [0.717, 1.165) is 51.1 Å². The second-order valence-electron chi connectivity index (χ2n) is 8.40. The molecule has 3 heterocycles. The first-order valence-corrected chi connectivity index (χ1v) is 12.4. The lowest BCUT2D eigenvalue weighted by molar-refractivity contribution is 0.102. The minimum atomic E-state index is -0.309. The van der Waals surface area contributed by atoms with Crippen molar-refractivity contribution in [3.05, 3.63) is 40.3 Å².